The average Bonchev–Trinajstić information content (AvgIpc) is 2.68. The zero-order valence-electron chi connectivity index (χ0n) is 16.1. The number of benzene rings is 2. The molecule has 0 heterocycles. The smallest absolute Gasteiger partial charge is 0.335 e. The molecule has 0 spiro atoms. The second-order valence-corrected chi connectivity index (χ2v) is 6.41. The first-order chi connectivity index (χ1) is 13.8. The van der Waals surface area contributed by atoms with Crippen molar-refractivity contribution in [2.45, 2.75) is 26.7 Å². The van der Waals surface area contributed by atoms with E-state index < -0.39 is 17.8 Å². The molecule has 0 radical (unpaired) electrons. The number of hydrogen-bond acceptors (Lipinski definition) is 4. The highest BCUT2D eigenvalue weighted by atomic mass is 16.4. The third-order valence-electron chi connectivity index (χ3n) is 4.47. The van der Waals surface area contributed by atoms with Crippen LogP contribution in [0.1, 0.15) is 57.8 Å². The van der Waals surface area contributed by atoms with Crippen LogP contribution in [-0.2, 0) is 4.79 Å². The van der Waals surface area contributed by atoms with Gasteiger partial charge in [-0.15, -0.1) is 0 Å². The molecule has 2 aromatic carbocycles. The van der Waals surface area contributed by atoms with Crippen molar-refractivity contribution in [2.24, 2.45) is 5.92 Å². The minimum atomic E-state index is -1.32. The molecule has 2 rings (SSSR count). The van der Waals surface area contributed by atoms with E-state index >= 15 is 0 Å². The SMILES string of the molecule is CCC(CC)C(=O)Nc1ccccc1C(=O)Nc1cc(C(=O)O)cc(C(=O)O)c1. The molecule has 2 amide bonds. The maximum atomic E-state index is 12.7. The van der Waals surface area contributed by atoms with Gasteiger partial charge in [-0.25, -0.2) is 9.59 Å². The number of nitrogens with one attached hydrogen (secondary N) is 2. The Hall–Kier alpha value is -3.68. The Morgan fingerprint density at radius 1 is 0.862 bits per heavy atom. The number of aromatic carboxylic acids is 2. The molecule has 4 N–H and O–H groups in total. The van der Waals surface area contributed by atoms with E-state index in [1.165, 1.54) is 6.07 Å². The molecule has 0 fully saturated rings. The predicted octanol–water partition coefficient (Wildman–Crippen LogP) is 3.71. The second-order valence-electron chi connectivity index (χ2n) is 6.41. The van der Waals surface area contributed by atoms with Crippen LogP contribution in [0, 0.1) is 5.92 Å². The Balaban J connectivity index is 2.31. The van der Waals surface area contributed by atoms with Crippen molar-refractivity contribution < 1.29 is 29.4 Å². The highest BCUT2D eigenvalue weighted by Crippen LogP contribution is 2.21. The van der Waals surface area contributed by atoms with E-state index in [0.29, 0.717) is 18.5 Å². The third-order valence-corrected chi connectivity index (χ3v) is 4.47. The predicted molar refractivity (Wildman–Crippen MR) is 107 cm³/mol. The summed E-state index contributed by atoms with van der Waals surface area (Å²) in [6.45, 7) is 3.81. The molecular formula is C21H22N2O6. The fourth-order valence-corrected chi connectivity index (χ4v) is 2.83. The van der Waals surface area contributed by atoms with Crippen molar-refractivity contribution in [3.8, 4) is 0 Å². The van der Waals surface area contributed by atoms with E-state index in [2.05, 4.69) is 10.6 Å². The molecular weight excluding hydrogens is 376 g/mol. The zero-order chi connectivity index (χ0) is 21.6. The molecule has 0 saturated heterocycles. The molecule has 0 bridgehead atoms. The molecule has 0 aliphatic carbocycles. The van der Waals surface area contributed by atoms with Crippen LogP contribution in [0.25, 0.3) is 0 Å². The van der Waals surface area contributed by atoms with Gasteiger partial charge in [0.2, 0.25) is 5.91 Å². The van der Waals surface area contributed by atoms with Crippen LogP contribution in [0.5, 0.6) is 0 Å². The van der Waals surface area contributed by atoms with Gasteiger partial charge in [-0.05, 0) is 43.2 Å². The molecule has 0 saturated carbocycles. The molecule has 0 atom stereocenters. The zero-order valence-corrected chi connectivity index (χ0v) is 16.1. The van der Waals surface area contributed by atoms with Crippen molar-refractivity contribution in [1.29, 1.82) is 0 Å². The number of para-hydroxylation sites is 1. The van der Waals surface area contributed by atoms with Crippen molar-refractivity contribution in [3.63, 3.8) is 0 Å². The summed E-state index contributed by atoms with van der Waals surface area (Å²) < 4.78 is 0. The van der Waals surface area contributed by atoms with Gasteiger partial charge < -0.3 is 20.8 Å². The summed E-state index contributed by atoms with van der Waals surface area (Å²) in [6, 6.07) is 9.73. The standard InChI is InChI=1S/C21H22N2O6/c1-3-12(4-2)18(24)23-17-8-6-5-7-16(17)19(25)22-15-10-13(20(26)27)9-14(11-15)21(28)29/h5-12H,3-4H2,1-2H3,(H,22,25)(H,23,24)(H,26,27)(H,28,29). The molecule has 0 unspecified atom stereocenters. The normalized spacial score (nSPS) is 10.4. The van der Waals surface area contributed by atoms with Crippen molar-refractivity contribution >= 4 is 35.1 Å². The summed E-state index contributed by atoms with van der Waals surface area (Å²) in [6.07, 6.45) is 1.33. The number of hydrogen-bond donors (Lipinski definition) is 4. The average molecular weight is 398 g/mol. The van der Waals surface area contributed by atoms with Gasteiger partial charge in [0.05, 0.1) is 22.4 Å². The van der Waals surface area contributed by atoms with Crippen LogP contribution in [0.3, 0.4) is 0 Å². The Labute approximate surface area is 167 Å². The first-order valence-corrected chi connectivity index (χ1v) is 9.09. The monoisotopic (exact) mass is 398 g/mol. The Morgan fingerprint density at radius 2 is 1.41 bits per heavy atom. The van der Waals surface area contributed by atoms with Crippen LogP contribution >= 0.6 is 0 Å². The van der Waals surface area contributed by atoms with Crippen LogP contribution in [0.15, 0.2) is 42.5 Å². The molecule has 152 valence electrons. The highest BCUT2D eigenvalue weighted by Gasteiger charge is 2.19. The summed E-state index contributed by atoms with van der Waals surface area (Å²) in [5, 5.41) is 23.6. The lowest BCUT2D eigenvalue weighted by atomic mass is 10.0. The van der Waals surface area contributed by atoms with Gasteiger partial charge in [0.25, 0.3) is 5.91 Å². The van der Waals surface area contributed by atoms with Gasteiger partial charge in [0, 0.05) is 11.6 Å². The minimum absolute atomic E-state index is 0.0217. The number of anilines is 2. The van der Waals surface area contributed by atoms with Crippen LogP contribution in [0.2, 0.25) is 0 Å². The Morgan fingerprint density at radius 3 is 1.93 bits per heavy atom. The second kappa shape index (κ2) is 9.50. The van der Waals surface area contributed by atoms with Gasteiger partial charge in [-0.3, -0.25) is 9.59 Å². The van der Waals surface area contributed by atoms with Crippen LogP contribution < -0.4 is 10.6 Å². The lowest BCUT2D eigenvalue weighted by molar-refractivity contribution is -0.120. The number of carbonyl (C=O) groups excluding carboxylic acids is 2. The summed E-state index contributed by atoms with van der Waals surface area (Å²) in [4.78, 5) is 47.6. The van der Waals surface area contributed by atoms with Crippen molar-refractivity contribution in [1.82, 2.24) is 0 Å². The summed E-state index contributed by atoms with van der Waals surface area (Å²) in [5.74, 6) is -3.63. The van der Waals surface area contributed by atoms with Crippen molar-refractivity contribution in [3.05, 3.63) is 59.2 Å². The number of carboxylic acids is 2. The van der Waals surface area contributed by atoms with E-state index in [1.807, 2.05) is 13.8 Å². The number of carboxylic acid groups (broad SMARTS) is 2. The van der Waals surface area contributed by atoms with Gasteiger partial charge in [0.15, 0.2) is 0 Å². The van der Waals surface area contributed by atoms with Crippen LogP contribution in [0.4, 0.5) is 11.4 Å². The van der Waals surface area contributed by atoms with E-state index in [-0.39, 0.29) is 34.2 Å². The number of rotatable bonds is 8. The van der Waals surface area contributed by atoms with E-state index in [4.69, 9.17) is 10.2 Å². The van der Waals surface area contributed by atoms with Gasteiger partial charge in [0.1, 0.15) is 0 Å². The van der Waals surface area contributed by atoms with Gasteiger partial charge in [-0.2, -0.15) is 0 Å². The van der Waals surface area contributed by atoms with Gasteiger partial charge in [-0.1, -0.05) is 26.0 Å². The molecule has 0 aromatic heterocycles. The molecule has 0 aliphatic rings. The Kier molecular flexibility index (Phi) is 7.08. The molecule has 0 aliphatic heterocycles. The fraction of sp³-hybridized carbons (Fsp3) is 0.238. The maximum Gasteiger partial charge on any atom is 0.335 e. The van der Waals surface area contributed by atoms with E-state index in [0.717, 1.165) is 18.2 Å². The molecule has 8 heteroatoms. The highest BCUT2D eigenvalue weighted by molar-refractivity contribution is 6.11. The number of carbonyl (C=O) groups is 4. The molecule has 29 heavy (non-hydrogen) atoms. The summed E-state index contributed by atoms with van der Waals surface area (Å²) in [5.41, 5.74) is -0.0291. The first kappa shape index (κ1) is 21.6. The van der Waals surface area contributed by atoms with E-state index in [9.17, 15) is 19.2 Å². The first-order valence-electron chi connectivity index (χ1n) is 9.09. The maximum absolute atomic E-state index is 12.7. The minimum Gasteiger partial charge on any atom is -0.478 e. The molecule has 2 aromatic rings. The largest absolute Gasteiger partial charge is 0.478 e. The summed E-state index contributed by atoms with van der Waals surface area (Å²) in [7, 11) is 0. The topological polar surface area (TPSA) is 133 Å². The van der Waals surface area contributed by atoms with Crippen molar-refractivity contribution in [2.75, 3.05) is 10.6 Å². The van der Waals surface area contributed by atoms with E-state index in [1.54, 1.807) is 18.2 Å². The number of amides is 2. The third kappa shape index (κ3) is 5.41. The Bertz CT molecular complexity index is 918. The lowest BCUT2D eigenvalue weighted by Crippen LogP contribution is -2.24. The van der Waals surface area contributed by atoms with Crippen LogP contribution in [-0.4, -0.2) is 34.0 Å². The van der Waals surface area contributed by atoms with Gasteiger partial charge >= 0.3 is 11.9 Å². The fourth-order valence-electron chi connectivity index (χ4n) is 2.83. The molecule has 8 nitrogen and oxygen atoms in total. The lowest BCUT2D eigenvalue weighted by Gasteiger charge is -2.15. The summed E-state index contributed by atoms with van der Waals surface area (Å²) >= 11 is 0. The quantitative estimate of drug-likeness (QED) is 0.536.